The molecule has 2 aromatic carbocycles. The highest BCUT2D eigenvalue weighted by atomic mass is 14.9. The predicted molar refractivity (Wildman–Crippen MR) is 92.6 cm³/mol. The lowest BCUT2D eigenvalue weighted by molar-refractivity contribution is 0.571. The number of nitrogens with one attached hydrogen (secondary N) is 1. The van der Waals surface area contributed by atoms with Crippen LogP contribution in [0.15, 0.2) is 48.5 Å². The smallest absolute Gasteiger partial charge is 0.0292 e. The first kappa shape index (κ1) is 15.8. The highest BCUT2D eigenvalue weighted by molar-refractivity contribution is 5.64. The molecule has 0 aliphatic heterocycles. The Hall–Kier alpha value is -1.60. The minimum absolute atomic E-state index is 0.407. The third-order valence-electron chi connectivity index (χ3n) is 3.91. The molecule has 0 amide bonds. The van der Waals surface area contributed by atoms with Crippen LogP contribution in [0.25, 0.3) is 11.1 Å². The molecule has 0 aliphatic carbocycles. The lowest BCUT2D eigenvalue weighted by Gasteiger charge is -2.15. The van der Waals surface area contributed by atoms with E-state index in [2.05, 4.69) is 74.6 Å². The fourth-order valence-electron chi connectivity index (χ4n) is 2.62. The molecule has 112 valence electrons. The van der Waals surface area contributed by atoms with Gasteiger partial charge in [0.05, 0.1) is 0 Å². The third-order valence-corrected chi connectivity index (χ3v) is 3.91. The summed E-state index contributed by atoms with van der Waals surface area (Å²) in [6.45, 7) is 7.73. The molecule has 0 spiro atoms. The molecule has 2 aromatic rings. The molecule has 0 radical (unpaired) electrons. The van der Waals surface area contributed by atoms with Crippen LogP contribution in [0.5, 0.6) is 0 Å². The van der Waals surface area contributed by atoms with Crippen molar-refractivity contribution in [1.82, 2.24) is 5.32 Å². The Morgan fingerprint density at radius 1 is 0.905 bits per heavy atom. The van der Waals surface area contributed by atoms with Gasteiger partial charge in [0.15, 0.2) is 0 Å². The van der Waals surface area contributed by atoms with E-state index >= 15 is 0 Å². The highest BCUT2D eigenvalue weighted by Gasteiger charge is 2.06. The first-order chi connectivity index (χ1) is 10.2. The molecule has 0 aromatic heterocycles. The summed E-state index contributed by atoms with van der Waals surface area (Å²) in [4.78, 5) is 0. The molecule has 1 N–H and O–H groups in total. The van der Waals surface area contributed by atoms with Crippen molar-refractivity contribution in [2.75, 3.05) is 6.54 Å². The molecule has 1 unspecified atom stereocenters. The van der Waals surface area contributed by atoms with Gasteiger partial charge < -0.3 is 5.32 Å². The molecule has 0 saturated carbocycles. The summed E-state index contributed by atoms with van der Waals surface area (Å²) in [6, 6.07) is 18.3. The van der Waals surface area contributed by atoms with Gasteiger partial charge in [-0.15, -0.1) is 0 Å². The van der Waals surface area contributed by atoms with Crippen molar-refractivity contribution in [1.29, 1.82) is 0 Å². The summed E-state index contributed by atoms with van der Waals surface area (Å²) in [7, 11) is 0. The summed E-state index contributed by atoms with van der Waals surface area (Å²) in [5.74, 6) is 0. The average molecular weight is 281 g/mol. The normalized spacial score (nSPS) is 12.3. The highest BCUT2D eigenvalue weighted by Crippen LogP contribution is 2.24. The molecular formula is C20H27N. The fraction of sp³-hybridized carbons (Fsp3) is 0.400. The zero-order valence-electron chi connectivity index (χ0n) is 13.5. The van der Waals surface area contributed by atoms with Crippen LogP contribution in [-0.4, -0.2) is 6.54 Å². The van der Waals surface area contributed by atoms with Crippen LogP contribution in [0.1, 0.15) is 50.8 Å². The van der Waals surface area contributed by atoms with Gasteiger partial charge in [-0.3, -0.25) is 0 Å². The van der Waals surface area contributed by atoms with Crippen LogP contribution in [0.2, 0.25) is 0 Å². The largest absolute Gasteiger partial charge is 0.310 e. The van der Waals surface area contributed by atoms with Gasteiger partial charge in [0.1, 0.15) is 0 Å². The SMILES string of the molecule is CCCNC(C)c1cccc(-c2ccc(CCC)cc2)c1. The zero-order chi connectivity index (χ0) is 15.1. The van der Waals surface area contributed by atoms with E-state index in [0.29, 0.717) is 6.04 Å². The van der Waals surface area contributed by atoms with Crippen molar-refractivity contribution in [3.8, 4) is 11.1 Å². The van der Waals surface area contributed by atoms with Crippen molar-refractivity contribution >= 4 is 0 Å². The molecule has 0 bridgehead atoms. The zero-order valence-corrected chi connectivity index (χ0v) is 13.5. The van der Waals surface area contributed by atoms with E-state index < -0.39 is 0 Å². The van der Waals surface area contributed by atoms with Crippen LogP contribution in [0, 0.1) is 0 Å². The molecule has 1 nitrogen and oxygen atoms in total. The van der Waals surface area contributed by atoms with Gasteiger partial charge in [-0.25, -0.2) is 0 Å². The lowest BCUT2D eigenvalue weighted by Crippen LogP contribution is -2.19. The van der Waals surface area contributed by atoms with Gasteiger partial charge in [-0.1, -0.05) is 62.7 Å². The molecule has 21 heavy (non-hydrogen) atoms. The molecule has 0 fully saturated rings. The number of hydrogen-bond donors (Lipinski definition) is 1. The minimum atomic E-state index is 0.407. The van der Waals surface area contributed by atoms with Gasteiger partial charge in [-0.2, -0.15) is 0 Å². The topological polar surface area (TPSA) is 12.0 Å². The number of aryl methyl sites for hydroxylation is 1. The van der Waals surface area contributed by atoms with Gasteiger partial charge in [0.25, 0.3) is 0 Å². The first-order valence-corrected chi connectivity index (χ1v) is 8.17. The Morgan fingerprint density at radius 2 is 1.67 bits per heavy atom. The van der Waals surface area contributed by atoms with Crippen LogP contribution >= 0.6 is 0 Å². The van der Waals surface area contributed by atoms with E-state index in [1.165, 1.54) is 35.1 Å². The summed E-state index contributed by atoms with van der Waals surface area (Å²) in [5, 5.41) is 3.55. The van der Waals surface area contributed by atoms with Gasteiger partial charge >= 0.3 is 0 Å². The number of rotatable bonds is 7. The summed E-state index contributed by atoms with van der Waals surface area (Å²) in [5.41, 5.74) is 5.40. The third kappa shape index (κ3) is 4.44. The van der Waals surface area contributed by atoms with Crippen LogP contribution in [-0.2, 0) is 6.42 Å². The maximum Gasteiger partial charge on any atom is 0.0292 e. The molecular weight excluding hydrogens is 254 g/mol. The maximum absolute atomic E-state index is 3.55. The van der Waals surface area contributed by atoms with Crippen molar-refractivity contribution in [2.45, 2.75) is 46.1 Å². The predicted octanol–water partition coefficient (Wildman–Crippen LogP) is 5.37. The first-order valence-electron chi connectivity index (χ1n) is 8.17. The van der Waals surface area contributed by atoms with Crippen molar-refractivity contribution in [3.63, 3.8) is 0 Å². The Kier molecular flexibility index (Phi) is 6.01. The molecule has 1 atom stereocenters. The number of benzene rings is 2. The second-order valence-electron chi connectivity index (χ2n) is 5.75. The van der Waals surface area contributed by atoms with Crippen molar-refractivity contribution < 1.29 is 0 Å². The summed E-state index contributed by atoms with van der Waals surface area (Å²) in [6.07, 6.45) is 3.54. The fourth-order valence-corrected chi connectivity index (χ4v) is 2.62. The second-order valence-corrected chi connectivity index (χ2v) is 5.75. The standard InChI is InChI=1S/C20H27N/c1-4-7-17-10-12-18(13-11-17)20-9-6-8-19(15-20)16(3)21-14-5-2/h6,8-13,15-16,21H,4-5,7,14H2,1-3H3. The Labute approximate surface area is 129 Å². The monoisotopic (exact) mass is 281 g/mol. The average Bonchev–Trinajstić information content (AvgIpc) is 2.54. The van der Waals surface area contributed by atoms with E-state index in [-0.39, 0.29) is 0 Å². The quantitative estimate of drug-likeness (QED) is 0.719. The molecule has 0 saturated heterocycles. The summed E-state index contributed by atoms with van der Waals surface area (Å²) >= 11 is 0. The maximum atomic E-state index is 3.55. The van der Waals surface area contributed by atoms with Crippen LogP contribution < -0.4 is 5.32 Å². The molecule has 2 rings (SSSR count). The van der Waals surface area contributed by atoms with E-state index in [1.807, 2.05) is 0 Å². The Balaban J connectivity index is 2.16. The van der Waals surface area contributed by atoms with Crippen LogP contribution in [0.4, 0.5) is 0 Å². The lowest BCUT2D eigenvalue weighted by atomic mass is 9.98. The Bertz CT molecular complexity index is 542. The summed E-state index contributed by atoms with van der Waals surface area (Å²) < 4.78 is 0. The van der Waals surface area contributed by atoms with Gasteiger partial charge in [0.2, 0.25) is 0 Å². The minimum Gasteiger partial charge on any atom is -0.310 e. The van der Waals surface area contributed by atoms with E-state index in [0.717, 1.165) is 13.0 Å². The number of hydrogen-bond acceptors (Lipinski definition) is 1. The van der Waals surface area contributed by atoms with E-state index in [1.54, 1.807) is 0 Å². The van der Waals surface area contributed by atoms with Gasteiger partial charge in [-0.05, 0) is 54.6 Å². The molecule has 0 aliphatic rings. The van der Waals surface area contributed by atoms with Crippen molar-refractivity contribution in [3.05, 3.63) is 59.7 Å². The Morgan fingerprint density at radius 3 is 2.33 bits per heavy atom. The van der Waals surface area contributed by atoms with Crippen LogP contribution in [0.3, 0.4) is 0 Å². The van der Waals surface area contributed by atoms with Crippen molar-refractivity contribution in [2.24, 2.45) is 0 Å². The second kappa shape index (κ2) is 7.99. The molecule has 0 heterocycles. The van der Waals surface area contributed by atoms with E-state index in [9.17, 15) is 0 Å². The van der Waals surface area contributed by atoms with Gasteiger partial charge in [0, 0.05) is 6.04 Å². The molecule has 1 heteroatoms. The van der Waals surface area contributed by atoms with E-state index in [4.69, 9.17) is 0 Å².